The molecule has 0 aromatic heterocycles. The van der Waals surface area contributed by atoms with Crippen molar-refractivity contribution in [2.75, 3.05) is 6.54 Å². The van der Waals surface area contributed by atoms with Crippen LogP contribution >= 0.6 is 11.6 Å². The Labute approximate surface area is 83.3 Å². The van der Waals surface area contributed by atoms with Crippen LogP contribution in [0.15, 0.2) is 12.1 Å². The Morgan fingerprint density at radius 2 is 1.92 bits per heavy atom. The summed E-state index contributed by atoms with van der Waals surface area (Å²) < 4.78 is 0. The Hall–Kier alpha value is -0.570. The Morgan fingerprint density at radius 3 is 2.46 bits per heavy atom. The van der Waals surface area contributed by atoms with Gasteiger partial charge in [-0.15, -0.1) is 0 Å². The van der Waals surface area contributed by atoms with Crippen LogP contribution in [0.3, 0.4) is 0 Å². The van der Waals surface area contributed by atoms with Crippen LogP contribution in [0.2, 0.25) is 5.02 Å². The second-order valence-electron chi connectivity index (χ2n) is 3.18. The van der Waals surface area contributed by atoms with Gasteiger partial charge in [-0.1, -0.05) is 23.7 Å². The van der Waals surface area contributed by atoms with Crippen LogP contribution in [0.4, 0.5) is 0 Å². The predicted octanol–water partition coefficient (Wildman–Crippen LogP) is 1.95. The number of hydrogen-bond acceptors (Lipinski definition) is 2. The van der Waals surface area contributed by atoms with Crippen LogP contribution in [-0.2, 0) is 0 Å². The molecule has 0 radical (unpaired) electrons. The van der Waals surface area contributed by atoms with E-state index >= 15 is 0 Å². The minimum atomic E-state index is -0.660. The number of aliphatic hydroxyl groups is 1. The zero-order valence-corrected chi connectivity index (χ0v) is 8.60. The van der Waals surface area contributed by atoms with Gasteiger partial charge in [0.15, 0.2) is 0 Å². The highest BCUT2D eigenvalue weighted by Gasteiger charge is 2.13. The molecule has 0 bridgehead atoms. The van der Waals surface area contributed by atoms with Crippen molar-refractivity contribution in [2.45, 2.75) is 20.0 Å². The smallest absolute Gasteiger partial charge is 0.0929 e. The minimum Gasteiger partial charge on any atom is -0.387 e. The lowest BCUT2D eigenvalue weighted by Gasteiger charge is -2.14. The Bertz CT molecular complexity index is 312. The summed E-state index contributed by atoms with van der Waals surface area (Å²) in [5.41, 5.74) is 8.08. The van der Waals surface area contributed by atoms with Gasteiger partial charge < -0.3 is 10.8 Å². The second kappa shape index (κ2) is 4.09. The third-order valence-electron chi connectivity index (χ3n) is 2.15. The first-order chi connectivity index (χ1) is 6.07. The van der Waals surface area contributed by atoms with Crippen molar-refractivity contribution < 1.29 is 5.11 Å². The summed E-state index contributed by atoms with van der Waals surface area (Å²) in [7, 11) is 0. The van der Waals surface area contributed by atoms with E-state index in [0.29, 0.717) is 5.02 Å². The topological polar surface area (TPSA) is 46.2 Å². The number of hydrogen-bond donors (Lipinski definition) is 2. The van der Waals surface area contributed by atoms with Crippen LogP contribution in [0.25, 0.3) is 0 Å². The fourth-order valence-electron chi connectivity index (χ4n) is 1.33. The van der Waals surface area contributed by atoms with Crippen LogP contribution in [-0.4, -0.2) is 11.7 Å². The molecular weight excluding hydrogens is 186 g/mol. The Balaban J connectivity index is 3.25. The van der Waals surface area contributed by atoms with E-state index in [1.807, 2.05) is 26.0 Å². The number of aliphatic hydroxyl groups excluding tert-OH is 1. The number of rotatable bonds is 2. The van der Waals surface area contributed by atoms with Crippen LogP contribution in [0.1, 0.15) is 22.8 Å². The monoisotopic (exact) mass is 199 g/mol. The molecule has 0 aliphatic carbocycles. The SMILES string of the molecule is Cc1ccc(C)c(C(O)CN)c1Cl. The van der Waals surface area contributed by atoms with Gasteiger partial charge in [-0.3, -0.25) is 0 Å². The van der Waals surface area contributed by atoms with Gasteiger partial charge in [0.25, 0.3) is 0 Å². The van der Waals surface area contributed by atoms with Crippen LogP contribution in [0, 0.1) is 13.8 Å². The normalized spacial score (nSPS) is 13.0. The molecule has 0 spiro atoms. The van der Waals surface area contributed by atoms with E-state index in [4.69, 9.17) is 17.3 Å². The van der Waals surface area contributed by atoms with Gasteiger partial charge in [-0.25, -0.2) is 0 Å². The second-order valence-corrected chi connectivity index (χ2v) is 3.56. The minimum absolute atomic E-state index is 0.198. The van der Waals surface area contributed by atoms with Gasteiger partial charge in [0.2, 0.25) is 0 Å². The van der Waals surface area contributed by atoms with E-state index in [1.54, 1.807) is 0 Å². The average Bonchev–Trinajstić information content (AvgIpc) is 2.12. The summed E-state index contributed by atoms with van der Waals surface area (Å²) >= 11 is 6.06. The quantitative estimate of drug-likeness (QED) is 0.765. The third kappa shape index (κ3) is 2.02. The molecule has 3 N–H and O–H groups in total. The molecule has 0 saturated carbocycles. The van der Waals surface area contributed by atoms with Gasteiger partial charge in [0, 0.05) is 17.1 Å². The van der Waals surface area contributed by atoms with E-state index in [0.717, 1.165) is 16.7 Å². The molecular formula is C10H14ClNO. The molecule has 1 unspecified atom stereocenters. The van der Waals surface area contributed by atoms with Crippen molar-refractivity contribution in [1.82, 2.24) is 0 Å². The van der Waals surface area contributed by atoms with Crippen molar-refractivity contribution in [3.05, 3.63) is 33.8 Å². The Morgan fingerprint density at radius 1 is 1.38 bits per heavy atom. The summed E-state index contributed by atoms with van der Waals surface area (Å²) in [6.07, 6.45) is -0.660. The first-order valence-electron chi connectivity index (χ1n) is 4.21. The van der Waals surface area contributed by atoms with Crippen LogP contribution in [0.5, 0.6) is 0 Å². The molecule has 0 heterocycles. The van der Waals surface area contributed by atoms with E-state index in [9.17, 15) is 5.11 Å². The fraction of sp³-hybridized carbons (Fsp3) is 0.400. The fourth-order valence-corrected chi connectivity index (χ4v) is 1.66. The first kappa shape index (κ1) is 10.5. The zero-order valence-electron chi connectivity index (χ0n) is 7.84. The molecule has 13 heavy (non-hydrogen) atoms. The van der Waals surface area contributed by atoms with E-state index < -0.39 is 6.10 Å². The van der Waals surface area contributed by atoms with Crippen LogP contribution < -0.4 is 5.73 Å². The molecule has 1 aromatic rings. The lowest BCUT2D eigenvalue weighted by molar-refractivity contribution is 0.186. The summed E-state index contributed by atoms with van der Waals surface area (Å²) in [4.78, 5) is 0. The maximum atomic E-state index is 9.61. The van der Waals surface area contributed by atoms with Crippen molar-refractivity contribution >= 4 is 11.6 Å². The molecule has 0 fully saturated rings. The number of nitrogens with two attached hydrogens (primary N) is 1. The van der Waals surface area contributed by atoms with E-state index in [1.165, 1.54) is 0 Å². The summed E-state index contributed by atoms with van der Waals surface area (Å²) in [6.45, 7) is 4.03. The maximum Gasteiger partial charge on any atom is 0.0929 e. The third-order valence-corrected chi connectivity index (χ3v) is 2.65. The highest BCUT2D eigenvalue weighted by Crippen LogP contribution is 2.28. The van der Waals surface area contributed by atoms with Crippen molar-refractivity contribution in [3.8, 4) is 0 Å². The average molecular weight is 200 g/mol. The molecule has 1 atom stereocenters. The Kier molecular flexibility index (Phi) is 3.31. The van der Waals surface area contributed by atoms with Crippen molar-refractivity contribution in [1.29, 1.82) is 0 Å². The molecule has 3 heteroatoms. The standard InChI is InChI=1S/C10H14ClNO/c1-6-3-4-7(2)10(11)9(6)8(13)5-12/h3-4,8,13H,5,12H2,1-2H3. The molecule has 2 nitrogen and oxygen atoms in total. The number of halogens is 1. The maximum absolute atomic E-state index is 9.61. The first-order valence-corrected chi connectivity index (χ1v) is 4.59. The summed E-state index contributed by atoms with van der Waals surface area (Å²) in [5.74, 6) is 0. The molecule has 0 saturated heterocycles. The van der Waals surface area contributed by atoms with Gasteiger partial charge >= 0.3 is 0 Å². The highest BCUT2D eigenvalue weighted by molar-refractivity contribution is 6.32. The van der Waals surface area contributed by atoms with E-state index in [-0.39, 0.29) is 6.54 Å². The molecule has 0 aliphatic rings. The van der Waals surface area contributed by atoms with E-state index in [2.05, 4.69) is 0 Å². The van der Waals surface area contributed by atoms with Crippen molar-refractivity contribution in [2.24, 2.45) is 5.73 Å². The number of aryl methyl sites for hydroxylation is 2. The molecule has 1 rings (SSSR count). The van der Waals surface area contributed by atoms with Crippen molar-refractivity contribution in [3.63, 3.8) is 0 Å². The molecule has 1 aromatic carbocycles. The van der Waals surface area contributed by atoms with Gasteiger partial charge in [0.05, 0.1) is 6.10 Å². The van der Waals surface area contributed by atoms with Gasteiger partial charge in [-0.2, -0.15) is 0 Å². The summed E-state index contributed by atoms with van der Waals surface area (Å²) in [5, 5.41) is 10.2. The highest BCUT2D eigenvalue weighted by atomic mass is 35.5. The number of benzene rings is 1. The lowest BCUT2D eigenvalue weighted by atomic mass is 10.0. The predicted molar refractivity (Wildman–Crippen MR) is 54.9 cm³/mol. The van der Waals surface area contributed by atoms with Gasteiger partial charge in [0.1, 0.15) is 0 Å². The molecule has 72 valence electrons. The summed E-state index contributed by atoms with van der Waals surface area (Å²) in [6, 6.07) is 3.87. The lowest BCUT2D eigenvalue weighted by Crippen LogP contribution is -2.13. The zero-order chi connectivity index (χ0) is 10.0. The molecule has 0 amide bonds. The van der Waals surface area contributed by atoms with Gasteiger partial charge in [-0.05, 0) is 25.0 Å². The molecule has 0 aliphatic heterocycles. The largest absolute Gasteiger partial charge is 0.387 e.